The minimum absolute atomic E-state index is 0.146. The summed E-state index contributed by atoms with van der Waals surface area (Å²) in [6, 6.07) is 1.34. The van der Waals surface area contributed by atoms with Gasteiger partial charge in [0.25, 0.3) is 0 Å². The van der Waals surface area contributed by atoms with E-state index in [-0.39, 0.29) is 16.9 Å². The number of hydrogen-bond donors (Lipinski definition) is 2. The number of nitrogens with two attached hydrogens (primary N) is 1. The number of aromatic nitrogens is 1. The Balaban J connectivity index is 2.96. The van der Waals surface area contributed by atoms with E-state index in [0.29, 0.717) is 13.2 Å². The van der Waals surface area contributed by atoms with Gasteiger partial charge in [-0.1, -0.05) is 13.8 Å². The van der Waals surface area contributed by atoms with E-state index in [4.69, 9.17) is 10.5 Å². The van der Waals surface area contributed by atoms with Crippen LogP contribution in [0.3, 0.4) is 0 Å². The summed E-state index contributed by atoms with van der Waals surface area (Å²) in [5.74, 6) is 0.146. The van der Waals surface area contributed by atoms with Crippen molar-refractivity contribution in [1.82, 2.24) is 9.29 Å². The molecule has 1 atom stereocenters. The Hall–Kier alpha value is -0.890. The molecule has 19 heavy (non-hydrogen) atoms. The Labute approximate surface area is 115 Å². The molecule has 0 radical (unpaired) electrons. The highest BCUT2D eigenvalue weighted by molar-refractivity contribution is 7.89. The molecule has 0 saturated heterocycles. The number of sulfonamides is 1. The molecule has 110 valence electrons. The molecule has 0 amide bonds. The van der Waals surface area contributed by atoms with Crippen molar-refractivity contribution in [2.45, 2.75) is 31.3 Å². The van der Waals surface area contributed by atoms with Crippen LogP contribution in [0.15, 0.2) is 17.2 Å². The first kappa shape index (κ1) is 16.2. The van der Waals surface area contributed by atoms with Crippen molar-refractivity contribution in [3.8, 4) is 0 Å². The van der Waals surface area contributed by atoms with Crippen LogP contribution in [0.4, 0.5) is 0 Å². The molecule has 6 nitrogen and oxygen atoms in total. The van der Waals surface area contributed by atoms with Crippen LogP contribution in [-0.2, 0) is 28.4 Å². The summed E-state index contributed by atoms with van der Waals surface area (Å²) in [6.07, 6.45) is 1.56. The van der Waals surface area contributed by atoms with E-state index < -0.39 is 10.0 Å². The average molecular weight is 289 g/mol. The van der Waals surface area contributed by atoms with Gasteiger partial charge in [0, 0.05) is 38.6 Å². The quantitative estimate of drug-likeness (QED) is 0.762. The molecule has 0 bridgehead atoms. The van der Waals surface area contributed by atoms with Crippen molar-refractivity contribution in [1.29, 1.82) is 0 Å². The smallest absolute Gasteiger partial charge is 0.242 e. The largest absolute Gasteiger partial charge is 0.383 e. The van der Waals surface area contributed by atoms with Gasteiger partial charge in [-0.2, -0.15) is 0 Å². The number of nitrogens with zero attached hydrogens (tertiary/aromatic N) is 1. The van der Waals surface area contributed by atoms with Gasteiger partial charge < -0.3 is 15.0 Å². The Morgan fingerprint density at radius 3 is 2.53 bits per heavy atom. The van der Waals surface area contributed by atoms with Crippen LogP contribution in [0.5, 0.6) is 0 Å². The Morgan fingerprint density at radius 2 is 2.11 bits per heavy atom. The number of rotatable bonds is 7. The van der Waals surface area contributed by atoms with Gasteiger partial charge in [0.1, 0.15) is 0 Å². The molecular formula is C12H23N3O3S. The molecule has 0 aliphatic heterocycles. The second kappa shape index (κ2) is 6.51. The first-order valence-electron chi connectivity index (χ1n) is 6.18. The lowest BCUT2D eigenvalue weighted by atomic mass is 10.1. The van der Waals surface area contributed by atoms with E-state index in [1.807, 2.05) is 13.8 Å². The fraction of sp³-hybridized carbons (Fsp3) is 0.667. The minimum Gasteiger partial charge on any atom is -0.383 e. The van der Waals surface area contributed by atoms with Gasteiger partial charge in [0.05, 0.1) is 11.5 Å². The highest BCUT2D eigenvalue weighted by atomic mass is 32.2. The number of ether oxygens (including phenoxy) is 1. The third-order valence-corrected chi connectivity index (χ3v) is 4.52. The standard InChI is InChI=1S/C12H23N3O3S/c1-9(2)12(8-18-4)14-19(16,17)11-5-10(6-13)15(3)7-11/h5,7,9,12,14H,6,8,13H2,1-4H3. The topological polar surface area (TPSA) is 86.3 Å². The fourth-order valence-electron chi connectivity index (χ4n) is 1.74. The molecule has 1 aromatic heterocycles. The van der Waals surface area contributed by atoms with E-state index in [9.17, 15) is 8.42 Å². The maximum Gasteiger partial charge on any atom is 0.242 e. The van der Waals surface area contributed by atoms with E-state index in [1.165, 1.54) is 0 Å². The van der Waals surface area contributed by atoms with E-state index in [1.54, 1.807) is 31.0 Å². The van der Waals surface area contributed by atoms with E-state index in [2.05, 4.69) is 4.72 Å². The zero-order valence-electron chi connectivity index (χ0n) is 11.9. The molecule has 0 saturated carbocycles. The second-order valence-corrected chi connectivity index (χ2v) is 6.62. The van der Waals surface area contributed by atoms with Crippen LogP contribution in [-0.4, -0.2) is 32.7 Å². The summed E-state index contributed by atoms with van der Waals surface area (Å²) in [5.41, 5.74) is 6.32. The van der Waals surface area contributed by atoms with Crippen LogP contribution >= 0.6 is 0 Å². The molecule has 0 aromatic carbocycles. The lowest BCUT2D eigenvalue weighted by Crippen LogP contribution is -2.41. The highest BCUT2D eigenvalue weighted by Crippen LogP contribution is 2.15. The zero-order chi connectivity index (χ0) is 14.6. The molecule has 1 heterocycles. The molecule has 7 heteroatoms. The van der Waals surface area contributed by atoms with Gasteiger partial charge in [-0.05, 0) is 12.0 Å². The van der Waals surface area contributed by atoms with Gasteiger partial charge in [0.15, 0.2) is 0 Å². The van der Waals surface area contributed by atoms with E-state index >= 15 is 0 Å². The average Bonchev–Trinajstić information content (AvgIpc) is 2.70. The van der Waals surface area contributed by atoms with Crippen LogP contribution in [0.2, 0.25) is 0 Å². The molecule has 1 rings (SSSR count). The first-order valence-corrected chi connectivity index (χ1v) is 7.66. The van der Waals surface area contributed by atoms with Crippen molar-refractivity contribution in [3.05, 3.63) is 18.0 Å². The third-order valence-electron chi connectivity index (χ3n) is 3.06. The van der Waals surface area contributed by atoms with Crippen molar-refractivity contribution >= 4 is 10.0 Å². The maximum atomic E-state index is 12.3. The monoisotopic (exact) mass is 289 g/mol. The summed E-state index contributed by atoms with van der Waals surface area (Å²) in [4.78, 5) is 0.234. The Kier molecular flexibility index (Phi) is 5.54. The van der Waals surface area contributed by atoms with Gasteiger partial charge >= 0.3 is 0 Å². The molecule has 1 aromatic rings. The van der Waals surface area contributed by atoms with Gasteiger partial charge in [0.2, 0.25) is 10.0 Å². The highest BCUT2D eigenvalue weighted by Gasteiger charge is 2.23. The van der Waals surface area contributed by atoms with Gasteiger partial charge in [-0.25, -0.2) is 13.1 Å². The predicted octanol–water partition coefficient (Wildman–Crippen LogP) is 0.433. The zero-order valence-corrected chi connectivity index (χ0v) is 12.7. The van der Waals surface area contributed by atoms with Crippen LogP contribution in [0.25, 0.3) is 0 Å². The summed E-state index contributed by atoms with van der Waals surface area (Å²) < 4.78 is 34.0. The van der Waals surface area contributed by atoms with E-state index in [0.717, 1.165) is 5.69 Å². The molecule has 0 spiro atoms. The fourth-order valence-corrected chi connectivity index (χ4v) is 3.20. The molecular weight excluding hydrogens is 266 g/mol. The molecule has 0 aliphatic carbocycles. The van der Waals surface area contributed by atoms with Crippen LogP contribution in [0.1, 0.15) is 19.5 Å². The van der Waals surface area contributed by atoms with Crippen molar-refractivity contribution in [3.63, 3.8) is 0 Å². The van der Waals surface area contributed by atoms with Gasteiger partial charge in [-0.3, -0.25) is 0 Å². The predicted molar refractivity (Wildman–Crippen MR) is 74.1 cm³/mol. The van der Waals surface area contributed by atoms with Gasteiger partial charge in [-0.15, -0.1) is 0 Å². The maximum absolute atomic E-state index is 12.3. The number of methoxy groups -OCH3 is 1. The number of nitrogens with one attached hydrogen (secondary N) is 1. The lowest BCUT2D eigenvalue weighted by Gasteiger charge is -2.20. The lowest BCUT2D eigenvalue weighted by molar-refractivity contribution is 0.157. The minimum atomic E-state index is -3.54. The number of hydrogen-bond acceptors (Lipinski definition) is 4. The Bertz CT molecular complexity index is 508. The molecule has 3 N–H and O–H groups in total. The number of aryl methyl sites for hydroxylation is 1. The summed E-state index contributed by atoms with van der Waals surface area (Å²) in [5, 5.41) is 0. The van der Waals surface area contributed by atoms with Crippen molar-refractivity contribution in [2.75, 3.05) is 13.7 Å². The second-order valence-electron chi connectivity index (χ2n) is 4.91. The van der Waals surface area contributed by atoms with Crippen molar-refractivity contribution in [2.24, 2.45) is 18.7 Å². The van der Waals surface area contributed by atoms with Crippen LogP contribution in [0, 0.1) is 5.92 Å². The van der Waals surface area contributed by atoms with Crippen molar-refractivity contribution < 1.29 is 13.2 Å². The molecule has 0 aliphatic rings. The normalized spacial score (nSPS) is 14.0. The molecule has 0 fully saturated rings. The van der Waals surface area contributed by atoms with Crippen LogP contribution < -0.4 is 10.5 Å². The summed E-state index contributed by atoms with van der Waals surface area (Å²) in [7, 11) is -0.216. The first-order chi connectivity index (χ1) is 8.81. The summed E-state index contributed by atoms with van der Waals surface area (Å²) >= 11 is 0. The summed E-state index contributed by atoms with van der Waals surface area (Å²) in [6.45, 7) is 4.54. The third kappa shape index (κ3) is 4.04. The SMILES string of the molecule is COCC(NS(=O)(=O)c1cc(CN)n(C)c1)C(C)C. The molecule has 1 unspecified atom stereocenters. The Morgan fingerprint density at radius 1 is 1.47 bits per heavy atom.